The minimum Gasteiger partial charge on any atom is -0.458 e. The normalized spacial score (nSPS) is 14.2. The molecule has 1 atom stereocenters. The van der Waals surface area contributed by atoms with Gasteiger partial charge in [-0.2, -0.15) is 0 Å². The van der Waals surface area contributed by atoms with Crippen LogP contribution in [0, 0.1) is 6.92 Å². The van der Waals surface area contributed by atoms with Crippen molar-refractivity contribution in [1.82, 2.24) is 4.90 Å². The van der Waals surface area contributed by atoms with Gasteiger partial charge in [0.2, 0.25) is 11.5 Å². The first-order valence-electron chi connectivity index (χ1n) is 8.06. The summed E-state index contributed by atoms with van der Waals surface area (Å²) in [6.45, 7) is 9.34. The van der Waals surface area contributed by atoms with Crippen LogP contribution in [-0.4, -0.2) is 30.2 Å². The molecular formula is C18H21NO5. The number of carbonyl (C=O) groups is 1. The van der Waals surface area contributed by atoms with E-state index < -0.39 is 5.97 Å². The topological polar surface area (TPSA) is 61.1 Å². The maximum Gasteiger partial charge on any atom is 0.376 e. The second-order valence-electron chi connectivity index (χ2n) is 5.56. The highest BCUT2D eigenvalue weighted by molar-refractivity contribution is 5.98. The molecule has 0 fully saturated rings. The number of hydrogen-bond donors (Lipinski definition) is 0. The Morgan fingerprint density at radius 3 is 2.62 bits per heavy atom. The Balaban J connectivity index is 1.93. The first-order chi connectivity index (χ1) is 11.6. The lowest BCUT2D eigenvalue weighted by Gasteiger charge is -2.25. The van der Waals surface area contributed by atoms with Crippen molar-refractivity contribution in [3.05, 3.63) is 36.0 Å². The van der Waals surface area contributed by atoms with E-state index in [1.807, 2.05) is 38.7 Å². The fraction of sp³-hybridized carbons (Fsp3) is 0.389. The number of hydrogen-bond acceptors (Lipinski definition) is 6. The SMILES string of the molecule is CCN(CC)C(C)OC(=O)c1oc2c3c(ccc2c1C)OC=CO3. The molecule has 0 amide bonds. The zero-order valence-electron chi connectivity index (χ0n) is 14.3. The molecular weight excluding hydrogens is 310 g/mol. The highest BCUT2D eigenvalue weighted by Gasteiger charge is 2.26. The molecule has 6 heteroatoms. The van der Waals surface area contributed by atoms with E-state index in [1.165, 1.54) is 12.5 Å². The minimum atomic E-state index is -0.482. The molecule has 2 aromatic rings. The molecule has 0 spiro atoms. The average molecular weight is 331 g/mol. The van der Waals surface area contributed by atoms with Crippen LogP contribution in [0.25, 0.3) is 11.0 Å². The Kier molecular flexibility index (Phi) is 4.49. The fourth-order valence-corrected chi connectivity index (χ4v) is 2.86. The number of esters is 1. The third-order valence-corrected chi connectivity index (χ3v) is 4.25. The predicted molar refractivity (Wildman–Crippen MR) is 89.1 cm³/mol. The number of rotatable bonds is 5. The van der Waals surface area contributed by atoms with Gasteiger partial charge in [-0.15, -0.1) is 0 Å². The molecule has 24 heavy (non-hydrogen) atoms. The van der Waals surface area contributed by atoms with Crippen LogP contribution in [0.2, 0.25) is 0 Å². The summed E-state index contributed by atoms with van der Waals surface area (Å²) < 4.78 is 22.2. The van der Waals surface area contributed by atoms with E-state index in [-0.39, 0.29) is 12.0 Å². The largest absolute Gasteiger partial charge is 0.458 e. The second-order valence-corrected chi connectivity index (χ2v) is 5.56. The van der Waals surface area contributed by atoms with Crippen molar-refractivity contribution < 1.29 is 23.4 Å². The first-order valence-corrected chi connectivity index (χ1v) is 8.06. The quantitative estimate of drug-likeness (QED) is 0.613. The summed E-state index contributed by atoms with van der Waals surface area (Å²) in [6.07, 6.45) is 2.56. The van der Waals surface area contributed by atoms with Crippen LogP contribution in [0.1, 0.15) is 36.9 Å². The monoisotopic (exact) mass is 331 g/mol. The van der Waals surface area contributed by atoms with Crippen LogP contribution in [0.3, 0.4) is 0 Å². The number of fused-ring (bicyclic) bond motifs is 3. The molecule has 1 aromatic heterocycles. The molecule has 1 aromatic carbocycles. The summed E-state index contributed by atoms with van der Waals surface area (Å²) in [6, 6.07) is 3.64. The van der Waals surface area contributed by atoms with Gasteiger partial charge in [-0.25, -0.2) is 4.79 Å². The number of benzene rings is 1. The lowest BCUT2D eigenvalue weighted by Crippen LogP contribution is -2.36. The van der Waals surface area contributed by atoms with Crippen LogP contribution < -0.4 is 9.47 Å². The molecule has 0 bridgehead atoms. The molecule has 0 radical (unpaired) electrons. The van der Waals surface area contributed by atoms with Crippen molar-refractivity contribution in [2.75, 3.05) is 13.1 Å². The van der Waals surface area contributed by atoms with Gasteiger partial charge >= 0.3 is 5.97 Å². The maximum atomic E-state index is 12.5. The van der Waals surface area contributed by atoms with Crippen LogP contribution in [0.5, 0.6) is 11.5 Å². The van der Waals surface area contributed by atoms with E-state index in [1.54, 1.807) is 6.07 Å². The standard InChI is InChI=1S/C18H21NO5/c1-5-19(6-2)12(4)23-18(20)15-11(3)13-7-8-14-17(16(13)24-15)22-10-9-21-14/h7-10,12H,5-6H2,1-4H3. The molecule has 3 rings (SSSR count). The second kappa shape index (κ2) is 6.57. The van der Waals surface area contributed by atoms with Gasteiger partial charge in [0.05, 0.1) is 0 Å². The van der Waals surface area contributed by atoms with Crippen molar-refractivity contribution in [2.24, 2.45) is 0 Å². The van der Waals surface area contributed by atoms with E-state index >= 15 is 0 Å². The maximum absolute atomic E-state index is 12.5. The molecule has 128 valence electrons. The molecule has 0 aliphatic carbocycles. The summed E-state index contributed by atoms with van der Waals surface area (Å²) in [5, 5.41) is 0.801. The summed E-state index contributed by atoms with van der Waals surface area (Å²) in [7, 11) is 0. The van der Waals surface area contributed by atoms with Crippen LogP contribution in [0.15, 0.2) is 29.1 Å². The summed E-state index contributed by atoms with van der Waals surface area (Å²) in [5.74, 6) is 0.726. The van der Waals surface area contributed by atoms with E-state index in [0.717, 1.165) is 24.0 Å². The zero-order valence-corrected chi connectivity index (χ0v) is 14.3. The number of furan rings is 1. The Morgan fingerprint density at radius 1 is 1.21 bits per heavy atom. The predicted octanol–water partition coefficient (Wildman–Crippen LogP) is 3.83. The van der Waals surface area contributed by atoms with Crippen LogP contribution in [0.4, 0.5) is 0 Å². The number of carbonyl (C=O) groups excluding carboxylic acids is 1. The van der Waals surface area contributed by atoms with E-state index in [9.17, 15) is 4.79 Å². The van der Waals surface area contributed by atoms with E-state index in [0.29, 0.717) is 17.1 Å². The Hall–Kier alpha value is -2.47. The van der Waals surface area contributed by atoms with Crippen molar-refractivity contribution >= 4 is 16.9 Å². The Bertz CT molecular complexity index is 788. The Labute approximate surface area is 140 Å². The molecule has 1 aliphatic heterocycles. The first kappa shape index (κ1) is 16.4. The van der Waals surface area contributed by atoms with Gasteiger partial charge in [0.1, 0.15) is 12.5 Å². The van der Waals surface area contributed by atoms with E-state index in [4.69, 9.17) is 18.6 Å². The number of nitrogens with zero attached hydrogens (tertiary/aromatic N) is 1. The molecule has 0 saturated heterocycles. The van der Waals surface area contributed by atoms with Crippen molar-refractivity contribution in [2.45, 2.75) is 33.9 Å². The number of aryl methyl sites for hydroxylation is 1. The molecule has 2 heterocycles. The third-order valence-electron chi connectivity index (χ3n) is 4.25. The molecule has 6 nitrogen and oxygen atoms in total. The summed E-state index contributed by atoms with van der Waals surface area (Å²) >= 11 is 0. The average Bonchev–Trinajstić information content (AvgIpc) is 2.93. The fourth-order valence-electron chi connectivity index (χ4n) is 2.86. The lowest BCUT2D eigenvalue weighted by molar-refractivity contribution is -0.0221. The molecule has 0 saturated carbocycles. The lowest BCUT2D eigenvalue weighted by atomic mass is 10.1. The Morgan fingerprint density at radius 2 is 1.92 bits per heavy atom. The van der Waals surface area contributed by atoms with Crippen molar-refractivity contribution in [1.29, 1.82) is 0 Å². The van der Waals surface area contributed by atoms with Crippen LogP contribution >= 0.6 is 0 Å². The van der Waals surface area contributed by atoms with Gasteiger partial charge in [-0.1, -0.05) is 13.8 Å². The molecule has 0 N–H and O–H groups in total. The van der Waals surface area contributed by atoms with Gasteiger partial charge in [0.25, 0.3) is 0 Å². The number of ether oxygens (including phenoxy) is 3. The smallest absolute Gasteiger partial charge is 0.376 e. The highest BCUT2D eigenvalue weighted by Crippen LogP contribution is 2.41. The zero-order chi connectivity index (χ0) is 17.3. The highest BCUT2D eigenvalue weighted by atomic mass is 16.6. The molecule has 1 aliphatic rings. The van der Waals surface area contributed by atoms with Crippen molar-refractivity contribution in [3.63, 3.8) is 0 Å². The van der Waals surface area contributed by atoms with Gasteiger partial charge in [-0.05, 0) is 39.1 Å². The van der Waals surface area contributed by atoms with Crippen LogP contribution in [-0.2, 0) is 4.74 Å². The summed E-state index contributed by atoms with van der Waals surface area (Å²) in [5.41, 5.74) is 1.21. The van der Waals surface area contributed by atoms with Gasteiger partial charge < -0.3 is 18.6 Å². The van der Waals surface area contributed by atoms with Crippen molar-refractivity contribution in [3.8, 4) is 11.5 Å². The summed E-state index contributed by atoms with van der Waals surface area (Å²) in [4.78, 5) is 14.6. The van der Waals surface area contributed by atoms with Gasteiger partial charge in [0, 0.05) is 10.9 Å². The van der Waals surface area contributed by atoms with Gasteiger partial charge in [0.15, 0.2) is 17.6 Å². The molecule has 1 unspecified atom stereocenters. The van der Waals surface area contributed by atoms with E-state index in [2.05, 4.69) is 0 Å². The third kappa shape index (κ3) is 2.73. The minimum absolute atomic E-state index is 0.190. The van der Waals surface area contributed by atoms with Gasteiger partial charge in [-0.3, -0.25) is 4.90 Å².